The van der Waals surface area contributed by atoms with Crippen molar-refractivity contribution in [3.05, 3.63) is 47.9 Å². The molecule has 6 heteroatoms. The highest BCUT2D eigenvalue weighted by atomic mass is 16.4. The number of carboxylic acids is 1. The third-order valence-electron chi connectivity index (χ3n) is 2.85. The molecular weight excluding hydrogens is 272 g/mol. The molecule has 0 spiro atoms. The van der Waals surface area contributed by atoms with Crippen molar-refractivity contribution in [1.29, 1.82) is 0 Å². The van der Waals surface area contributed by atoms with Gasteiger partial charge in [-0.05, 0) is 43.3 Å². The molecule has 0 saturated heterocycles. The number of benzene rings is 1. The third kappa shape index (κ3) is 3.85. The maximum atomic E-state index is 10.9. The van der Waals surface area contributed by atoms with Gasteiger partial charge in [-0.2, -0.15) is 0 Å². The van der Waals surface area contributed by atoms with E-state index < -0.39 is 5.97 Å². The average molecular weight is 288 g/mol. The molecule has 0 radical (unpaired) electrons. The summed E-state index contributed by atoms with van der Waals surface area (Å²) < 4.78 is 5.24. The predicted molar refractivity (Wildman–Crippen MR) is 78.5 cm³/mol. The van der Waals surface area contributed by atoms with Crippen molar-refractivity contribution in [2.24, 2.45) is 0 Å². The van der Waals surface area contributed by atoms with E-state index in [4.69, 9.17) is 9.52 Å². The highest BCUT2D eigenvalue weighted by molar-refractivity contribution is 5.88. The lowest BCUT2D eigenvalue weighted by Gasteiger charge is -2.13. The fourth-order valence-electron chi connectivity index (χ4n) is 1.87. The Kier molecular flexibility index (Phi) is 4.27. The highest BCUT2D eigenvalue weighted by Gasteiger charge is 2.14. The summed E-state index contributed by atoms with van der Waals surface area (Å²) in [4.78, 5) is 21.7. The van der Waals surface area contributed by atoms with Gasteiger partial charge in [0.05, 0.1) is 6.04 Å². The molecule has 1 unspecified atom stereocenters. The maximum absolute atomic E-state index is 10.9. The van der Waals surface area contributed by atoms with E-state index in [9.17, 15) is 9.59 Å². The molecular formula is C15H16N2O4. The number of carbonyl (C=O) groups is 2. The van der Waals surface area contributed by atoms with Gasteiger partial charge in [-0.25, -0.2) is 4.79 Å². The first-order valence-corrected chi connectivity index (χ1v) is 6.43. The van der Waals surface area contributed by atoms with Gasteiger partial charge in [0.25, 0.3) is 0 Å². The summed E-state index contributed by atoms with van der Waals surface area (Å²) in [6, 6.07) is 10.1. The topological polar surface area (TPSA) is 91.6 Å². The first-order valence-electron chi connectivity index (χ1n) is 6.43. The molecule has 110 valence electrons. The maximum Gasteiger partial charge on any atom is 0.371 e. The first kappa shape index (κ1) is 14.6. The first-order chi connectivity index (χ1) is 9.95. The smallest absolute Gasteiger partial charge is 0.371 e. The summed E-state index contributed by atoms with van der Waals surface area (Å²) in [6.07, 6.45) is 0. The van der Waals surface area contributed by atoms with E-state index in [1.165, 1.54) is 13.0 Å². The van der Waals surface area contributed by atoms with E-state index in [-0.39, 0.29) is 17.7 Å². The summed E-state index contributed by atoms with van der Waals surface area (Å²) in [5.74, 6) is -0.757. The Labute approximate surface area is 121 Å². The van der Waals surface area contributed by atoms with Crippen LogP contribution in [0, 0.1) is 0 Å². The number of hydrogen-bond donors (Lipinski definition) is 3. The Morgan fingerprint density at radius 3 is 2.24 bits per heavy atom. The van der Waals surface area contributed by atoms with Gasteiger partial charge in [-0.3, -0.25) is 4.79 Å². The van der Waals surface area contributed by atoms with Crippen LogP contribution in [0.2, 0.25) is 0 Å². The molecule has 1 atom stereocenters. The molecule has 2 rings (SSSR count). The van der Waals surface area contributed by atoms with E-state index in [2.05, 4.69) is 10.6 Å². The lowest BCUT2D eigenvalue weighted by Crippen LogP contribution is -2.07. The molecule has 1 heterocycles. The van der Waals surface area contributed by atoms with Crippen molar-refractivity contribution >= 4 is 23.3 Å². The summed E-state index contributed by atoms with van der Waals surface area (Å²) >= 11 is 0. The molecule has 0 aliphatic carbocycles. The van der Waals surface area contributed by atoms with Crippen LogP contribution in [0.1, 0.15) is 36.2 Å². The van der Waals surface area contributed by atoms with Crippen LogP contribution in [0.25, 0.3) is 0 Å². The zero-order valence-electron chi connectivity index (χ0n) is 11.7. The van der Waals surface area contributed by atoms with Crippen LogP contribution < -0.4 is 10.6 Å². The Balaban J connectivity index is 2.02. The monoisotopic (exact) mass is 288 g/mol. The van der Waals surface area contributed by atoms with Gasteiger partial charge in [-0.1, -0.05) is 0 Å². The number of carboxylic acid groups (broad SMARTS) is 1. The number of anilines is 2. The van der Waals surface area contributed by atoms with E-state index in [0.29, 0.717) is 11.4 Å². The van der Waals surface area contributed by atoms with E-state index in [1.54, 1.807) is 18.2 Å². The van der Waals surface area contributed by atoms with Crippen molar-refractivity contribution in [3.63, 3.8) is 0 Å². The van der Waals surface area contributed by atoms with Gasteiger partial charge in [0, 0.05) is 18.3 Å². The zero-order chi connectivity index (χ0) is 15.4. The molecule has 0 saturated carbocycles. The average Bonchev–Trinajstić information content (AvgIpc) is 2.90. The molecule has 1 aromatic heterocycles. The molecule has 6 nitrogen and oxygen atoms in total. The summed E-state index contributed by atoms with van der Waals surface area (Å²) in [5, 5.41) is 14.7. The Morgan fingerprint density at radius 2 is 1.71 bits per heavy atom. The van der Waals surface area contributed by atoms with Crippen LogP contribution in [0.15, 0.2) is 40.8 Å². The lowest BCUT2D eigenvalue weighted by atomic mass is 10.2. The Hall–Kier alpha value is -2.76. The molecule has 0 fully saturated rings. The molecule has 1 amide bonds. The molecule has 1 aromatic carbocycles. The molecule has 3 N–H and O–H groups in total. The van der Waals surface area contributed by atoms with Crippen LogP contribution >= 0.6 is 0 Å². The Bertz CT molecular complexity index is 646. The predicted octanol–water partition coefficient (Wildman–Crippen LogP) is 3.11. The minimum Gasteiger partial charge on any atom is -0.475 e. The highest BCUT2D eigenvalue weighted by Crippen LogP contribution is 2.22. The van der Waals surface area contributed by atoms with Crippen molar-refractivity contribution in [2.45, 2.75) is 19.9 Å². The van der Waals surface area contributed by atoms with Crippen LogP contribution in [-0.2, 0) is 4.79 Å². The molecule has 0 aliphatic rings. The second-order valence-corrected chi connectivity index (χ2v) is 4.63. The van der Waals surface area contributed by atoms with Crippen molar-refractivity contribution in [1.82, 2.24) is 0 Å². The fraction of sp³-hybridized carbons (Fsp3) is 0.200. The number of nitrogens with one attached hydrogen (secondary N) is 2. The van der Waals surface area contributed by atoms with Crippen LogP contribution in [0.5, 0.6) is 0 Å². The number of aromatic carboxylic acids is 1. The molecule has 0 aliphatic heterocycles. The van der Waals surface area contributed by atoms with Crippen LogP contribution in [0.3, 0.4) is 0 Å². The number of hydrogen-bond acceptors (Lipinski definition) is 4. The van der Waals surface area contributed by atoms with Crippen LogP contribution in [0.4, 0.5) is 11.4 Å². The molecule has 2 aromatic rings. The molecule has 21 heavy (non-hydrogen) atoms. The minimum absolute atomic E-state index is 0.0837. The van der Waals surface area contributed by atoms with Crippen molar-refractivity contribution in [3.8, 4) is 0 Å². The van der Waals surface area contributed by atoms with Gasteiger partial charge >= 0.3 is 5.97 Å². The summed E-state index contributed by atoms with van der Waals surface area (Å²) in [6.45, 7) is 3.32. The Morgan fingerprint density at radius 1 is 1.10 bits per heavy atom. The number of carbonyl (C=O) groups excluding carboxylic acids is 1. The van der Waals surface area contributed by atoms with Gasteiger partial charge in [-0.15, -0.1) is 0 Å². The zero-order valence-corrected chi connectivity index (χ0v) is 11.7. The van der Waals surface area contributed by atoms with E-state index >= 15 is 0 Å². The largest absolute Gasteiger partial charge is 0.475 e. The normalized spacial score (nSPS) is 11.7. The minimum atomic E-state index is -1.09. The fourth-order valence-corrected chi connectivity index (χ4v) is 1.87. The van der Waals surface area contributed by atoms with Crippen LogP contribution in [-0.4, -0.2) is 17.0 Å². The number of rotatable bonds is 5. The van der Waals surface area contributed by atoms with Crippen molar-refractivity contribution < 1.29 is 19.1 Å². The number of furan rings is 1. The van der Waals surface area contributed by atoms with Gasteiger partial charge in [0.2, 0.25) is 11.7 Å². The number of amides is 1. The second-order valence-electron chi connectivity index (χ2n) is 4.63. The summed E-state index contributed by atoms with van der Waals surface area (Å²) in [5.41, 5.74) is 1.55. The van der Waals surface area contributed by atoms with Gasteiger partial charge in [0.15, 0.2) is 0 Å². The third-order valence-corrected chi connectivity index (χ3v) is 2.85. The quantitative estimate of drug-likeness (QED) is 0.786. The summed E-state index contributed by atoms with van der Waals surface area (Å²) in [7, 11) is 0. The van der Waals surface area contributed by atoms with E-state index in [0.717, 1.165) is 5.69 Å². The van der Waals surface area contributed by atoms with Gasteiger partial charge in [0.1, 0.15) is 5.76 Å². The lowest BCUT2D eigenvalue weighted by molar-refractivity contribution is -0.114. The molecule has 0 bridgehead atoms. The van der Waals surface area contributed by atoms with Gasteiger partial charge < -0.3 is 20.2 Å². The standard InChI is InChI=1S/C15H16N2O4/c1-9(13-7-8-14(21-13)15(19)20)16-11-3-5-12(6-4-11)17-10(2)18/h3-9,16H,1-2H3,(H,17,18)(H,19,20). The van der Waals surface area contributed by atoms with E-state index in [1.807, 2.05) is 19.1 Å². The van der Waals surface area contributed by atoms with Crippen molar-refractivity contribution in [2.75, 3.05) is 10.6 Å². The second kappa shape index (κ2) is 6.13. The SMILES string of the molecule is CC(=O)Nc1ccc(NC(C)c2ccc(C(=O)O)o2)cc1.